The zero-order valence-corrected chi connectivity index (χ0v) is 17.0. The van der Waals surface area contributed by atoms with Gasteiger partial charge in [0.15, 0.2) is 5.96 Å². The van der Waals surface area contributed by atoms with Gasteiger partial charge in [0.1, 0.15) is 22.7 Å². The summed E-state index contributed by atoms with van der Waals surface area (Å²) < 4.78 is 16.0. The molecule has 0 aliphatic heterocycles. The van der Waals surface area contributed by atoms with Crippen molar-refractivity contribution in [1.82, 2.24) is 10.6 Å². The molecule has 0 aliphatic carbocycles. The van der Waals surface area contributed by atoms with Crippen molar-refractivity contribution in [1.29, 1.82) is 0 Å². The first-order valence-corrected chi connectivity index (χ1v) is 9.24. The molecule has 0 aliphatic rings. The Bertz CT molecular complexity index is 1040. The van der Waals surface area contributed by atoms with Crippen LogP contribution in [0, 0.1) is 6.92 Å². The number of nitrogens with zero attached hydrogens (tertiary/aromatic N) is 1. The number of aryl methyl sites for hydroxylation is 1. The summed E-state index contributed by atoms with van der Waals surface area (Å²) in [6.45, 7) is 3.04. The number of carbonyl (C=O) groups is 1. The number of rotatable bonds is 6. The van der Waals surface area contributed by atoms with Crippen LogP contribution in [-0.2, 0) is 17.8 Å². The van der Waals surface area contributed by atoms with Crippen LogP contribution in [0.5, 0.6) is 5.75 Å². The number of benzene rings is 2. The Morgan fingerprint density at radius 2 is 1.86 bits per heavy atom. The van der Waals surface area contributed by atoms with Gasteiger partial charge in [-0.1, -0.05) is 24.3 Å². The highest BCUT2D eigenvalue weighted by atomic mass is 16.5. The number of methoxy groups -OCH3 is 2. The van der Waals surface area contributed by atoms with Crippen LogP contribution < -0.4 is 15.4 Å². The maximum absolute atomic E-state index is 11.9. The van der Waals surface area contributed by atoms with Crippen molar-refractivity contribution in [3.05, 3.63) is 64.9 Å². The molecular formula is C22H25N3O4. The molecule has 0 fully saturated rings. The van der Waals surface area contributed by atoms with E-state index in [1.807, 2.05) is 37.3 Å². The first-order valence-electron chi connectivity index (χ1n) is 9.24. The fourth-order valence-electron chi connectivity index (χ4n) is 3.10. The normalized spacial score (nSPS) is 11.4. The third-order valence-electron chi connectivity index (χ3n) is 4.71. The van der Waals surface area contributed by atoms with Gasteiger partial charge in [-0.3, -0.25) is 4.99 Å². The number of aliphatic imine (C=N–C) groups is 1. The van der Waals surface area contributed by atoms with E-state index in [0.29, 0.717) is 30.4 Å². The van der Waals surface area contributed by atoms with E-state index >= 15 is 0 Å². The molecule has 0 atom stereocenters. The number of esters is 1. The minimum atomic E-state index is -0.438. The van der Waals surface area contributed by atoms with Crippen LogP contribution in [0.3, 0.4) is 0 Å². The second kappa shape index (κ2) is 9.14. The smallest absolute Gasteiger partial charge is 0.341 e. The molecule has 7 nitrogen and oxygen atoms in total. The summed E-state index contributed by atoms with van der Waals surface area (Å²) in [6, 6.07) is 13.3. The highest BCUT2D eigenvalue weighted by Crippen LogP contribution is 2.24. The molecule has 0 amide bonds. The summed E-state index contributed by atoms with van der Waals surface area (Å²) in [4.78, 5) is 16.2. The van der Waals surface area contributed by atoms with Crippen LogP contribution in [0.15, 0.2) is 51.9 Å². The third-order valence-corrected chi connectivity index (χ3v) is 4.71. The summed E-state index contributed by atoms with van der Waals surface area (Å²) in [7, 11) is 4.57. The van der Waals surface area contributed by atoms with Crippen LogP contribution in [0.4, 0.5) is 0 Å². The van der Waals surface area contributed by atoms with Crippen LogP contribution in [0.2, 0.25) is 0 Å². The average Bonchev–Trinajstić information content (AvgIpc) is 3.09. The molecule has 0 saturated heterocycles. The molecule has 152 valence electrons. The fourth-order valence-corrected chi connectivity index (χ4v) is 3.10. The second-order valence-electron chi connectivity index (χ2n) is 6.45. The van der Waals surface area contributed by atoms with Crippen LogP contribution in [0.25, 0.3) is 11.0 Å². The van der Waals surface area contributed by atoms with E-state index in [0.717, 1.165) is 27.9 Å². The van der Waals surface area contributed by atoms with Crippen LogP contribution in [0.1, 0.15) is 27.2 Å². The molecule has 2 aromatic carbocycles. The molecule has 2 N–H and O–H groups in total. The molecule has 1 aromatic heterocycles. The molecule has 29 heavy (non-hydrogen) atoms. The van der Waals surface area contributed by atoms with Crippen LogP contribution >= 0.6 is 0 Å². The lowest BCUT2D eigenvalue weighted by molar-refractivity contribution is 0.0597. The Labute approximate surface area is 169 Å². The number of furan rings is 1. The lowest BCUT2D eigenvalue weighted by atomic mass is 10.1. The lowest BCUT2D eigenvalue weighted by Gasteiger charge is -2.13. The molecule has 0 spiro atoms. The van der Waals surface area contributed by atoms with Crippen molar-refractivity contribution < 1.29 is 18.7 Å². The number of hydrogen-bond donors (Lipinski definition) is 2. The van der Waals surface area contributed by atoms with Gasteiger partial charge in [-0.05, 0) is 30.7 Å². The van der Waals surface area contributed by atoms with Gasteiger partial charge >= 0.3 is 5.97 Å². The van der Waals surface area contributed by atoms with Crippen LogP contribution in [-0.4, -0.2) is 33.2 Å². The zero-order valence-electron chi connectivity index (χ0n) is 17.0. The molecule has 0 saturated carbocycles. The first kappa shape index (κ1) is 20.3. The van der Waals surface area contributed by atoms with Gasteiger partial charge in [0.25, 0.3) is 0 Å². The zero-order chi connectivity index (χ0) is 20.8. The van der Waals surface area contributed by atoms with Gasteiger partial charge in [0.05, 0.1) is 20.8 Å². The second-order valence-corrected chi connectivity index (χ2v) is 6.45. The Hall–Kier alpha value is -3.48. The molecule has 3 rings (SSSR count). The quantitative estimate of drug-likeness (QED) is 0.378. The van der Waals surface area contributed by atoms with Gasteiger partial charge in [-0.2, -0.15) is 0 Å². The predicted octanol–water partition coefficient (Wildman–Crippen LogP) is 3.40. The topological polar surface area (TPSA) is 85.1 Å². The predicted molar refractivity (Wildman–Crippen MR) is 112 cm³/mol. The third kappa shape index (κ3) is 4.51. The van der Waals surface area contributed by atoms with Crippen molar-refractivity contribution >= 4 is 22.9 Å². The van der Waals surface area contributed by atoms with Gasteiger partial charge in [0, 0.05) is 24.5 Å². The largest absolute Gasteiger partial charge is 0.496 e. The van der Waals surface area contributed by atoms with Gasteiger partial charge in [-0.15, -0.1) is 0 Å². The molecule has 7 heteroatoms. The van der Waals surface area contributed by atoms with E-state index in [9.17, 15) is 4.79 Å². The molecule has 1 heterocycles. The van der Waals surface area contributed by atoms with Crippen molar-refractivity contribution in [3.63, 3.8) is 0 Å². The van der Waals surface area contributed by atoms with Crippen molar-refractivity contribution in [2.45, 2.75) is 20.0 Å². The Kier molecular flexibility index (Phi) is 6.39. The lowest BCUT2D eigenvalue weighted by Crippen LogP contribution is -2.36. The number of ether oxygens (including phenoxy) is 2. The summed E-state index contributed by atoms with van der Waals surface area (Å²) in [5.74, 6) is 1.53. The van der Waals surface area contributed by atoms with Crippen molar-refractivity contribution in [2.75, 3.05) is 21.3 Å². The summed E-state index contributed by atoms with van der Waals surface area (Å²) >= 11 is 0. The Morgan fingerprint density at radius 3 is 2.55 bits per heavy atom. The van der Waals surface area contributed by atoms with E-state index in [-0.39, 0.29) is 0 Å². The maximum atomic E-state index is 11.9. The van der Waals surface area contributed by atoms with E-state index < -0.39 is 5.97 Å². The average molecular weight is 395 g/mol. The highest BCUT2D eigenvalue weighted by Gasteiger charge is 2.14. The number of para-hydroxylation sites is 1. The molecular weight excluding hydrogens is 370 g/mol. The van der Waals surface area contributed by atoms with E-state index in [4.69, 9.17) is 13.9 Å². The van der Waals surface area contributed by atoms with Crippen molar-refractivity contribution in [3.8, 4) is 5.75 Å². The maximum Gasteiger partial charge on any atom is 0.341 e. The number of nitrogens with one attached hydrogen (secondary N) is 2. The summed E-state index contributed by atoms with van der Waals surface area (Å²) in [6.07, 6.45) is 0. The van der Waals surface area contributed by atoms with E-state index in [1.54, 1.807) is 19.2 Å². The minimum absolute atomic E-state index is 0.384. The Balaban J connectivity index is 1.65. The summed E-state index contributed by atoms with van der Waals surface area (Å²) in [5.41, 5.74) is 3.27. The SMILES string of the molecule is CN=C(NCc1ccc(OC)c(C(=O)OC)c1)NCc1oc2ccccc2c1C. The van der Waals surface area contributed by atoms with Gasteiger partial charge < -0.3 is 24.5 Å². The monoisotopic (exact) mass is 395 g/mol. The number of carbonyl (C=O) groups excluding carboxylic acids is 1. The molecule has 0 radical (unpaired) electrons. The number of guanidine groups is 1. The highest BCUT2D eigenvalue weighted by molar-refractivity contribution is 5.92. The molecule has 3 aromatic rings. The number of fused-ring (bicyclic) bond motifs is 1. The standard InChI is InChI=1S/C22H25N3O4/c1-14-16-7-5-6-8-19(16)29-20(14)13-25-22(23-2)24-12-15-9-10-18(27-3)17(11-15)21(26)28-4/h5-11H,12-13H2,1-4H3,(H2,23,24,25). The Morgan fingerprint density at radius 1 is 1.10 bits per heavy atom. The van der Waals surface area contributed by atoms with Gasteiger partial charge in [0.2, 0.25) is 0 Å². The molecule has 0 bridgehead atoms. The minimum Gasteiger partial charge on any atom is -0.496 e. The number of hydrogen-bond acceptors (Lipinski definition) is 5. The van der Waals surface area contributed by atoms with E-state index in [2.05, 4.69) is 15.6 Å². The summed E-state index contributed by atoms with van der Waals surface area (Å²) in [5, 5.41) is 7.60. The van der Waals surface area contributed by atoms with E-state index in [1.165, 1.54) is 14.2 Å². The first-order chi connectivity index (χ1) is 14.1. The van der Waals surface area contributed by atoms with Crippen molar-refractivity contribution in [2.24, 2.45) is 4.99 Å². The fraction of sp³-hybridized carbons (Fsp3) is 0.273. The molecule has 0 unspecified atom stereocenters. The van der Waals surface area contributed by atoms with Gasteiger partial charge in [-0.25, -0.2) is 4.79 Å².